The van der Waals surface area contributed by atoms with Crippen molar-refractivity contribution in [1.82, 2.24) is 4.98 Å². The Labute approximate surface area is 148 Å². The first-order valence-corrected chi connectivity index (χ1v) is 8.74. The zero-order chi connectivity index (χ0) is 17.6. The van der Waals surface area contributed by atoms with Crippen LogP contribution < -0.4 is 4.74 Å². The fraction of sp³-hybridized carbons (Fsp3) is 0.273. The summed E-state index contributed by atoms with van der Waals surface area (Å²) in [7, 11) is 1.66. The first kappa shape index (κ1) is 17.0. The van der Waals surface area contributed by atoms with Crippen LogP contribution in [-0.2, 0) is 6.42 Å². The summed E-state index contributed by atoms with van der Waals surface area (Å²) in [6, 6.07) is 18.4. The molecule has 0 unspecified atom stereocenters. The molecule has 3 rings (SSSR count). The average Bonchev–Trinajstić information content (AvgIpc) is 2.67. The van der Waals surface area contributed by atoms with Gasteiger partial charge in [-0.2, -0.15) is 5.26 Å². The Morgan fingerprint density at radius 2 is 1.88 bits per heavy atom. The van der Waals surface area contributed by atoms with Crippen LogP contribution in [0.1, 0.15) is 37.4 Å². The minimum absolute atomic E-state index is 0.694. The largest absolute Gasteiger partial charge is 0.497 e. The van der Waals surface area contributed by atoms with Crippen LogP contribution in [0.25, 0.3) is 22.0 Å². The Balaban J connectivity index is 2.26. The monoisotopic (exact) mass is 330 g/mol. The van der Waals surface area contributed by atoms with Gasteiger partial charge in [-0.1, -0.05) is 50.1 Å². The lowest BCUT2D eigenvalue weighted by Gasteiger charge is -2.14. The van der Waals surface area contributed by atoms with Gasteiger partial charge in [0.2, 0.25) is 0 Å². The van der Waals surface area contributed by atoms with Gasteiger partial charge in [-0.25, -0.2) is 0 Å². The molecule has 2 aromatic carbocycles. The van der Waals surface area contributed by atoms with Crippen LogP contribution >= 0.6 is 0 Å². The number of hydrogen-bond donors (Lipinski definition) is 0. The molecule has 0 bridgehead atoms. The molecule has 126 valence electrons. The third kappa shape index (κ3) is 3.49. The van der Waals surface area contributed by atoms with Crippen LogP contribution in [0.3, 0.4) is 0 Å². The second kappa shape index (κ2) is 7.81. The number of rotatable bonds is 6. The third-order valence-corrected chi connectivity index (χ3v) is 4.46. The fourth-order valence-corrected chi connectivity index (χ4v) is 3.17. The lowest BCUT2D eigenvalue weighted by Crippen LogP contribution is -2.00. The summed E-state index contributed by atoms with van der Waals surface area (Å²) in [5, 5.41) is 10.9. The number of pyridine rings is 1. The molecule has 0 N–H and O–H groups in total. The molecule has 3 aromatic rings. The number of aromatic nitrogens is 1. The van der Waals surface area contributed by atoms with Crippen LogP contribution in [0.2, 0.25) is 0 Å². The summed E-state index contributed by atoms with van der Waals surface area (Å²) in [6.45, 7) is 2.18. The van der Waals surface area contributed by atoms with Gasteiger partial charge in [0.25, 0.3) is 0 Å². The van der Waals surface area contributed by atoms with E-state index in [1.165, 1.54) is 0 Å². The summed E-state index contributed by atoms with van der Waals surface area (Å²) >= 11 is 0. The summed E-state index contributed by atoms with van der Waals surface area (Å²) in [6.07, 6.45) is 4.16. The predicted molar refractivity (Wildman–Crippen MR) is 102 cm³/mol. The highest BCUT2D eigenvalue weighted by molar-refractivity contribution is 5.98. The Bertz CT molecular complexity index is 911. The van der Waals surface area contributed by atoms with Gasteiger partial charge in [0.05, 0.1) is 23.9 Å². The van der Waals surface area contributed by atoms with Gasteiger partial charge < -0.3 is 4.74 Å². The number of unbranched alkanes of at least 4 members (excludes halogenated alkanes) is 2. The van der Waals surface area contributed by atoms with Crippen molar-refractivity contribution in [3.8, 4) is 22.9 Å². The number of aryl methyl sites for hydroxylation is 1. The van der Waals surface area contributed by atoms with Crippen molar-refractivity contribution in [3.63, 3.8) is 0 Å². The molecule has 25 heavy (non-hydrogen) atoms. The first-order valence-electron chi connectivity index (χ1n) is 8.74. The molecule has 0 amide bonds. The molecule has 0 aliphatic carbocycles. The minimum atomic E-state index is 0.694. The summed E-state index contributed by atoms with van der Waals surface area (Å²) in [5.41, 5.74) is 4.48. The van der Waals surface area contributed by atoms with Crippen molar-refractivity contribution >= 4 is 10.9 Å². The summed E-state index contributed by atoms with van der Waals surface area (Å²) in [5.74, 6) is 0.781. The van der Waals surface area contributed by atoms with E-state index in [9.17, 15) is 5.26 Å². The molecular formula is C22H22N2O. The molecular weight excluding hydrogens is 308 g/mol. The van der Waals surface area contributed by atoms with E-state index in [-0.39, 0.29) is 0 Å². The molecule has 1 heterocycles. The lowest BCUT2D eigenvalue weighted by atomic mass is 9.93. The molecule has 3 nitrogen and oxygen atoms in total. The second-order valence-corrected chi connectivity index (χ2v) is 6.13. The van der Waals surface area contributed by atoms with Gasteiger partial charge in [-0.15, -0.1) is 0 Å². The van der Waals surface area contributed by atoms with E-state index in [0.29, 0.717) is 5.56 Å². The Morgan fingerprint density at radius 3 is 2.56 bits per heavy atom. The number of hydrogen-bond acceptors (Lipinski definition) is 3. The molecule has 0 saturated heterocycles. The first-order chi connectivity index (χ1) is 12.3. The van der Waals surface area contributed by atoms with Crippen molar-refractivity contribution in [3.05, 3.63) is 59.8 Å². The number of nitrogens with zero attached hydrogens (tertiary/aromatic N) is 2. The molecule has 0 aliphatic rings. The number of benzene rings is 2. The number of ether oxygens (including phenoxy) is 1. The standard InChI is InChI=1S/C22H22N2O/c1-3-4-6-11-20-19(15-23)22(16-9-7-5-8-10-16)18-13-12-17(25-2)14-21(18)24-20/h5,7-10,12-14H,3-4,6,11H2,1-2H3. The number of nitriles is 1. The Kier molecular flexibility index (Phi) is 5.30. The molecule has 1 aromatic heterocycles. The van der Waals surface area contributed by atoms with Gasteiger partial charge in [-0.05, 0) is 30.5 Å². The zero-order valence-electron chi connectivity index (χ0n) is 14.7. The smallest absolute Gasteiger partial charge is 0.121 e. The normalized spacial score (nSPS) is 10.6. The maximum atomic E-state index is 9.86. The summed E-state index contributed by atoms with van der Waals surface area (Å²) < 4.78 is 5.36. The van der Waals surface area contributed by atoms with E-state index in [2.05, 4.69) is 25.1 Å². The van der Waals surface area contributed by atoms with Gasteiger partial charge in [-0.3, -0.25) is 4.98 Å². The van der Waals surface area contributed by atoms with Crippen LogP contribution in [-0.4, -0.2) is 12.1 Å². The average molecular weight is 330 g/mol. The maximum absolute atomic E-state index is 9.86. The van der Waals surface area contributed by atoms with Crippen LogP contribution in [0.4, 0.5) is 0 Å². The van der Waals surface area contributed by atoms with E-state index in [1.54, 1.807) is 7.11 Å². The molecule has 0 spiro atoms. The fourth-order valence-electron chi connectivity index (χ4n) is 3.17. The van der Waals surface area contributed by atoms with E-state index in [1.807, 2.05) is 36.4 Å². The van der Waals surface area contributed by atoms with E-state index in [4.69, 9.17) is 9.72 Å². The highest BCUT2D eigenvalue weighted by Gasteiger charge is 2.16. The van der Waals surface area contributed by atoms with Crippen molar-refractivity contribution in [2.45, 2.75) is 32.6 Å². The second-order valence-electron chi connectivity index (χ2n) is 6.13. The van der Waals surface area contributed by atoms with Crippen LogP contribution in [0.15, 0.2) is 48.5 Å². The minimum Gasteiger partial charge on any atom is -0.497 e. The Hall–Kier alpha value is -2.86. The molecule has 0 atom stereocenters. The molecule has 0 saturated carbocycles. The topological polar surface area (TPSA) is 45.9 Å². The summed E-state index contributed by atoms with van der Waals surface area (Å²) in [4.78, 5) is 4.81. The molecule has 3 heteroatoms. The number of methoxy groups -OCH3 is 1. The highest BCUT2D eigenvalue weighted by Crippen LogP contribution is 2.34. The third-order valence-electron chi connectivity index (χ3n) is 4.46. The zero-order valence-corrected chi connectivity index (χ0v) is 14.7. The van der Waals surface area contributed by atoms with Gasteiger partial charge in [0, 0.05) is 17.0 Å². The van der Waals surface area contributed by atoms with Crippen molar-refractivity contribution in [1.29, 1.82) is 5.26 Å². The quantitative estimate of drug-likeness (QED) is 0.559. The van der Waals surface area contributed by atoms with E-state index >= 15 is 0 Å². The van der Waals surface area contributed by atoms with Gasteiger partial charge in [0.1, 0.15) is 11.8 Å². The SMILES string of the molecule is CCCCCc1nc2cc(OC)ccc2c(-c2ccccc2)c1C#N. The van der Waals surface area contributed by atoms with Crippen molar-refractivity contribution < 1.29 is 4.74 Å². The molecule has 0 aliphatic heterocycles. The van der Waals surface area contributed by atoms with E-state index < -0.39 is 0 Å². The van der Waals surface area contributed by atoms with Crippen LogP contribution in [0.5, 0.6) is 5.75 Å². The van der Waals surface area contributed by atoms with Crippen molar-refractivity contribution in [2.75, 3.05) is 7.11 Å². The van der Waals surface area contributed by atoms with Gasteiger partial charge in [0.15, 0.2) is 0 Å². The molecule has 0 radical (unpaired) electrons. The highest BCUT2D eigenvalue weighted by atomic mass is 16.5. The van der Waals surface area contributed by atoms with Crippen molar-refractivity contribution in [2.24, 2.45) is 0 Å². The maximum Gasteiger partial charge on any atom is 0.121 e. The number of fused-ring (bicyclic) bond motifs is 1. The predicted octanol–water partition coefficient (Wildman–Crippen LogP) is 5.51. The lowest BCUT2D eigenvalue weighted by molar-refractivity contribution is 0.415. The Morgan fingerprint density at radius 1 is 1.08 bits per heavy atom. The van der Waals surface area contributed by atoms with Gasteiger partial charge >= 0.3 is 0 Å². The van der Waals surface area contributed by atoms with Crippen LogP contribution in [0, 0.1) is 11.3 Å². The van der Waals surface area contributed by atoms with E-state index in [0.717, 1.165) is 59.2 Å². The molecule has 0 fully saturated rings.